The molecule has 2 heterocycles. The first kappa shape index (κ1) is 31.3. The molecule has 0 unspecified atom stereocenters. The van der Waals surface area contributed by atoms with E-state index in [4.69, 9.17) is 0 Å². The van der Waals surface area contributed by atoms with Gasteiger partial charge in [-0.15, -0.1) is 0 Å². The van der Waals surface area contributed by atoms with Crippen molar-refractivity contribution in [1.82, 2.24) is 19.9 Å². The number of hydrogen-bond donors (Lipinski definition) is 3. The zero-order valence-corrected chi connectivity index (χ0v) is 23.9. The average molecular weight is 533 g/mol. The number of aromatic nitrogens is 3. The zero-order valence-electron chi connectivity index (χ0n) is 21.9. The largest absolute Gasteiger partial charge is 1.00 e. The number of nitrogens with zero attached hydrogens (tertiary/aromatic N) is 3. The Hall–Kier alpha value is -2.89. The summed E-state index contributed by atoms with van der Waals surface area (Å²) < 4.78 is 15.4. The molecule has 0 fully saturated rings. The molecule has 0 spiro atoms. The molecule has 0 aliphatic heterocycles. The van der Waals surface area contributed by atoms with Gasteiger partial charge in [-0.3, -0.25) is 14.8 Å². The van der Waals surface area contributed by atoms with Crippen LogP contribution in [0.3, 0.4) is 0 Å². The summed E-state index contributed by atoms with van der Waals surface area (Å²) in [6.07, 6.45) is 3.05. The number of amides is 1. The second kappa shape index (κ2) is 14.3. The number of halogens is 1. The Balaban J connectivity index is 0.00000507. The third kappa shape index (κ3) is 8.05. The fourth-order valence-electron chi connectivity index (χ4n) is 4.14. The molecule has 0 saturated carbocycles. The number of aliphatic hydroxyl groups excluding tert-OH is 2. The Morgan fingerprint density at radius 2 is 1.84 bits per heavy atom. The summed E-state index contributed by atoms with van der Waals surface area (Å²) in [7, 11) is 0. The van der Waals surface area contributed by atoms with Crippen LogP contribution in [0, 0.1) is 19.7 Å². The quantitative estimate of drug-likeness (QED) is 0.267. The number of aliphatic hydroxyl groups is 2. The molecule has 0 aliphatic rings. The van der Waals surface area contributed by atoms with Crippen LogP contribution in [-0.4, -0.2) is 48.8 Å². The van der Waals surface area contributed by atoms with E-state index in [1.807, 2.05) is 13.8 Å². The first-order valence-electron chi connectivity index (χ1n) is 11.9. The number of nitrogens with one attached hydrogen (secondary N) is 1. The van der Waals surface area contributed by atoms with Crippen molar-refractivity contribution in [2.24, 2.45) is 0 Å². The number of aliphatic carboxylic acids is 1. The van der Waals surface area contributed by atoms with Gasteiger partial charge < -0.3 is 30.0 Å². The summed E-state index contributed by atoms with van der Waals surface area (Å²) in [6.45, 7) is 6.07. The van der Waals surface area contributed by atoms with Crippen LogP contribution in [-0.2, 0) is 17.9 Å². The van der Waals surface area contributed by atoms with Crippen LogP contribution < -0.4 is 40.0 Å². The molecule has 3 N–H and O–H groups in total. The summed E-state index contributed by atoms with van der Waals surface area (Å²) >= 11 is 0. The maximum absolute atomic E-state index is 13.6. The van der Waals surface area contributed by atoms with Crippen LogP contribution >= 0.6 is 0 Å². The molecule has 0 radical (unpaired) electrons. The summed E-state index contributed by atoms with van der Waals surface area (Å²) in [6, 6.07) is 5.87. The standard InChI is InChI=1S/C27H31FN4O5.Na/c1-4-32-23(10-9-21(33)11-22(34)12-24(35)36)25(18-5-7-19(28)8-6-18)17(3)26(32)27(37)31-15-20-14-29-16(2)13-30-20;/h5-10,13-14,21-22,33-34H,4,11-12,15H2,1-3H3,(H,31,37)(H,35,36);/q;+1/p-1/b10-9+;/t21-,22-;/m1./s1. The van der Waals surface area contributed by atoms with Crippen molar-refractivity contribution in [3.63, 3.8) is 0 Å². The van der Waals surface area contributed by atoms with Gasteiger partial charge in [0.2, 0.25) is 0 Å². The fraction of sp³-hybridized carbons (Fsp3) is 0.333. The predicted molar refractivity (Wildman–Crippen MR) is 133 cm³/mol. The second-order valence-electron chi connectivity index (χ2n) is 8.71. The van der Waals surface area contributed by atoms with Crippen LogP contribution in [0.5, 0.6) is 0 Å². The number of carboxylic acids is 1. The maximum atomic E-state index is 13.6. The summed E-state index contributed by atoms with van der Waals surface area (Å²) in [5.41, 5.74) is 4.38. The second-order valence-corrected chi connectivity index (χ2v) is 8.71. The SMILES string of the molecule is CCn1c(/C=C/[C@@H](O)C[C@@H](O)CC(=O)[O-])c(-c2ccc(F)cc2)c(C)c1C(=O)NCc1cnc(C)cn1.[Na+]. The minimum absolute atomic E-state index is 0. The molecule has 0 saturated heterocycles. The van der Waals surface area contributed by atoms with Gasteiger partial charge in [0.25, 0.3) is 5.91 Å². The Bertz CT molecular complexity index is 1280. The third-order valence-corrected chi connectivity index (χ3v) is 5.87. The smallest absolute Gasteiger partial charge is 0.550 e. The van der Waals surface area contributed by atoms with Gasteiger partial charge in [0.1, 0.15) is 11.5 Å². The van der Waals surface area contributed by atoms with Gasteiger partial charge in [-0.25, -0.2) is 4.39 Å². The molecule has 2 aromatic heterocycles. The topological polar surface area (TPSA) is 140 Å². The molecule has 38 heavy (non-hydrogen) atoms. The van der Waals surface area contributed by atoms with Gasteiger partial charge in [0.15, 0.2) is 0 Å². The van der Waals surface area contributed by atoms with Gasteiger partial charge in [0.05, 0.1) is 36.3 Å². The van der Waals surface area contributed by atoms with E-state index < -0.39 is 30.4 Å². The van der Waals surface area contributed by atoms with Gasteiger partial charge >= 0.3 is 29.6 Å². The van der Waals surface area contributed by atoms with Crippen molar-refractivity contribution >= 4 is 18.0 Å². The van der Waals surface area contributed by atoms with Crippen molar-refractivity contribution in [1.29, 1.82) is 0 Å². The van der Waals surface area contributed by atoms with Crippen molar-refractivity contribution in [3.8, 4) is 11.1 Å². The van der Waals surface area contributed by atoms with Crippen molar-refractivity contribution in [2.45, 2.75) is 58.9 Å². The van der Waals surface area contributed by atoms with Crippen molar-refractivity contribution in [3.05, 3.63) is 76.9 Å². The van der Waals surface area contributed by atoms with Crippen LogP contribution in [0.4, 0.5) is 4.39 Å². The minimum atomic E-state index is -1.41. The summed E-state index contributed by atoms with van der Waals surface area (Å²) in [4.78, 5) is 32.5. The van der Waals surface area contributed by atoms with E-state index in [1.165, 1.54) is 18.2 Å². The van der Waals surface area contributed by atoms with Crippen LogP contribution in [0.1, 0.15) is 52.9 Å². The number of benzene rings is 1. The van der Waals surface area contributed by atoms with Gasteiger partial charge in [0, 0.05) is 42.8 Å². The Morgan fingerprint density at radius 1 is 1.16 bits per heavy atom. The molecule has 9 nitrogen and oxygen atoms in total. The Labute approximate surface area is 242 Å². The number of aryl methyl sites for hydroxylation is 1. The maximum Gasteiger partial charge on any atom is 1.00 e. The number of carboxylic acid groups (broad SMARTS) is 1. The van der Waals surface area contributed by atoms with Crippen LogP contribution in [0.2, 0.25) is 0 Å². The first-order chi connectivity index (χ1) is 17.6. The van der Waals surface area contributed by atoms with E-state index in [9.17, 15) is 29.3 Å². The van der Waals surface area contributed by atoms with E-state index in [1.54, 1.807) is 42.1 Å². The number of carbonyl (C=O) groups is 2. The zero-order chi connectivity index (χ0) is 27.1. The van der Waals surface area contributed by atoms with Gasteiger partial charge in [-0.05, 0) is 50.1 Å². The normalized spacial score (nSPS) is 12.7. The summed E-state index contributed by atoms with van der Waals surface area (Å²) in [5.74, 6) is -2.15. The molecule has 2 atom stereocenters. The average Bonchev–Trinajstić information content (AvgIpc) is 3.13. The Morgan fingerprint density at radius 3 is 2.42 bits per heavy atom. The minimum Gasteiger partial charge on any atom is -0.550 e. The molecule has 0 bridgehead atoms. The number of rotatable bonds is 11. The summed E-state index contributed by atoms with van der Waals surface area (Å²) in [5, 5.41) is 33.7. The van der Waals surface area contributed by atoms with Crippen LogP contribution in [0.15, 0.2) is 42.7 Å². The van der Waals surface area contributed by atoms with Crippen molar-refractivity contribution in [2.75, 3.05) is 0 Å². The molecular formula is C27H30FN4NaO5. The first-order valence-corrected chi connectivity index (χ1v) is 11.9. The van der Waals surface area contributed by atoms with E-state index in [-0.39, 0.29) is 48.4 Å². The van der Waals surface area contributed by atoms with E-state index in [0.717, 1.165) is 5.69 Å². The molecule has 196 valence electrons. The Kier molecular flexibility index (Phi) is 11.8. The molecule has 3 aromatic rings. The van der Waals surface area contributed by atoms with E-state index in [0.29, 0.717) is 40.3 Å². The van der Waals surface area contributed by atoms with E-state index in [2.05, 4.69) is 15.3 Å². The van der Waals surface area contributed by atoms with E-state index >= 15 is 0 Å². The number of carbonyl (C=O) groups excluding carboxylic acids is 2. The molecular weight excluding hydrogens is 502 g/mol. The molecule has 3 rings (SSSR count). The van der Waals surface area contributed by atoms with Gasteiger partial charge in [-0.1, -0.05) is 18.2 Å². The predicted octanol–water partition coefficient (Wildman–Crippen LogP) is -1.08. The van der Waals surface area contributed by atoms with Crippen molar-refractivity contribution < 1.29 is 58.9 Å². The molecule has 11 heteroatoms. The fourth-order valence-corrected chi connectivity index (χ4v) is 4.14. The monoisotopic (exact) mass is 532 g/mol. The van der Waals surface area contributed by atoms with Crippen LogP contribution in [0.25, 0.3) is 17.2 Å². The van der Waals surface area contributed by atoms with Gasteiger partial charge in [-0.2, -0.15) is 0 Å². The molecule has 0 aliphatic carbocycles. The third-order valence-electron chi connectivity index (χ3n) is 5.87. The molecule has 1 aromatic carbocycles. The number of hydrogen-bond acceptors (Lipinski definition) is 7. The molecule has 1 amide bonds.